The minimum atomic E-state index is -0.0482. The molecular weight excluding hydrogens is 302 g/mol. The Morgan fingerprint density at radius 3 is 2.17 bits per heavy atom. The molecule has 0 radical (unpaired) electrons. The van der Waals surface area contributed by atoms with Crippen LogP contribution in [-0.2, 0) is 9.59 Å². The second-order valence-electron chi connectivity index (χ2n) is 4.90. The Bertz CT molecular complexity index is 372. The molecule has 0 spiro atoms. The highest BCUT2D eigenvalue weighted by atomic mass is 16.2. The van der Waals surface area contributed by atoms with E-state index in [4.69, 9.17) is 0 Å². The zero-order chi connectivity index (χ0) is 19.4. The zero-order valence-electron chi connectivity index (χ0n) is 15.0. The molecule has 1 aliphatic rings. The Kier molecular flexibility index (Phi) is 22.7. The highest BCUT2D eigenvalue weighted by Gasteiger charge is 2.28. The van der Waals surface area contributed by atoms with E-state index in [1.165, 1.54) is 0 Å². The third-order valence-corrected chi connectivity index (χ3v) is 3.18. The predicted octanol–water partition coefficient (Wildman–Crippen LogP) is 1.11. The number of carbonyl (C=O) groups excluding carboxylic acids is 2. The topological polar surface area (TPSA) is 61.4 Å². The van der Waals surface area contributed by atoms with Gasteiger partial charge in [-0.15, -0.1) is 38.5 Å². The van der Waals surface area contributed by atoms with Gasteiger partial charge in [-0.25, -0.2) is 0 Å². The Balaban J connectivity index is -0.000000659. The van der Waals surface area contributed by atoms with Crippen LogP contribution in [-0.4, -0.2) is 49.4 Å². The lowest BCUT2D eigenvalue weighted by molar-refractivity contribution is -0.135. The molecule has 5 nitrogen and oxygen atoms in total. The number of rotatable bonds is 8. The third kappa shape index (κ3) is 13.3. The SMILES string of the molecule is C#C.C#C.C#C.CCCNCCCNC(=O)CN1CC[C@@H](C)C1=O. The smallest absolute Gasteiger partial charge is 0.239 e. The highest BCUT2D eigenvalue weighted by molar-refractivity contribution is 5.86. The van der Waals surface area contributed by atoms with E-state index in [9.17, 15) is 9.59 Å². The molecule has 134 valence electrons. The van der Waals surface area contributed by atoms with E-state index in [2.05, 4.69) is 56.1 Å². The van der Waals surface area contributed by atoms with Crippen molar-refractivity contribution >= 4 is 11.8 Å². The lowest BCUT2D eigenvalue weighted by Crippen LogP contribution is -2.39. The standard InChI is InChI=1S/C13H25N3O2.3C2H2/c1-3-6-14-7-4-8-15-12(17)10-16-9-5-11(2)13(16)18;3*1-2/h11,14H,3-10H2,1-2H3,(H,15,17);3*1-2H/t11-;;;/m1.../s1. The molecule has 1 fully saturated rings. The highest BCUT2D eigenvalue weighted by Crippen LogP contribution is 2.16. The molecule has 2 amide bonds. The number of amides is 2. The number of nitrogens with one attached hydrogen (secondary N) is 2. The van der Waals surface area contributed by atoms with E-state index in [1.807, 2.05) is 6.92 Å². The molecule has 1 heterocycles. The number of hydrogen-bond donors (Lipinski definition) is 2. The quantitative estimate of drug-likeness (QED) is 0.517. The summed E-state index contributed by atoms with van der Waals surface area (Å²) in [5.41, 5.74) is 0. The maximum Gasteiger partial charge on any atom is 0.239 e. The summed E-state index contributed by atoms with van der Waals surface area (Å²) in [5, 5.41) is 6.13. The van der Waals surface area contributed by atoms with Gasteiger partial charge in [-0.2, -0.15) is 0 Å². The summed E-state index contributed by atoms with van der Waals surface area (Å²) in [4.78, 5) is 24.9. The van der Waals surface area contributed by atoms with Crippen LogP contribution < -0.4 is 10.6 Å². The van der Waals surface area contributed by atoms with Crippen molar-refractivity contribution in [3.05, 3.63) is 0 Å². The molecule has 5 heteroatoms. The van der Waals surface area contributed by atoms with Crippen LogP contribution in [0.15, 0.2) is 0 Å². The lowest BCUT2D eigenvalue weighted by atomic mass is 10.1. The van der Waals surface area contributed by atoms with E-state index in [0.717, 1.165) is 32.4 Å². The van der Waals surface area contributed by atoms with Gasteiger partial charge >= 0.3 is 0 Å². The number of hydrogen-bond acceptors (Lipinski definition) is 3. The first kappa shape index (κ1) is 26.5. The average Bonchev–Trinajstić information content (AvgIpc) is 2.95. The Morgan fingerprint density at radius 1 is 1.12 bits per heavy atom. The number of terminal acetylenes is 3. The first-order chi connectivity index (χ1) is 11.6. The van der Waals surface area contributed by atoms with Crippen molar-refractivity contribution in [1.82, 2.24) is 15.5 Å². The van der Waals surface area contributed by atoms with Gasteiger partial charge in [0, 0.05) is 19.0 Å². The van der Waals surface area contributed by atoms with E-state index in [1.54, 1.807) is 4.90 Å². The maximum absolute atomic E-state index is 11.6. The van der Waals surface area contributed by atoms with Crippen molar-refractivity contribution in [2.75, 3.05) is 32.7 Å². The number of carbonyl (C=O) groups is 2. The number of nitrogens with zero attached hydrogens (tertiary/aromatic N) is 1. The fourth-order valence-electron chi connectivity index (χ4n) is 2.02. The monoisotopic (exact) mass is 333 g/mol. The van der Waals surface area contributed by atoms with Crippen LogP contribution >= 0.6 is 0 Å². The van der Waals surface area contributed by atoms with Crippen molar-refractivity contribution in [3.8, 4) is 38.5 Å². The molecule has 0 unspecified atom stereocenters. The van der Waals surface area contributed by atoms with Gasteiger partial charge in [-0.3, -0.25) is 9.59 Å². The second-order valence-corrected chi connectivity index (χ2v) is 4.90. The van der Waals surface area contributed by atoms with Gasteiger partial charge in [0.05, 0.1) is 6.54 Å². The van der Waals surface area contributed by atoms with Crippen LogP contribution in [0.4, 0.5) is 0 Å². The van der Waals surface area contributed by atoms with E-state index in [-0.39, 0.29) is 24.3 Å². The van der Waals surface area contributed by atoms with Crippen molar-refractivity contribution in [2.45, 2.75) is 33.1 Å². The molecular formula is C19H31N3O2. The predicted molar refractivity (Wildman–Crippen MR) is 101 cm³/mol. The van der Waals surface area contributed by atoms with Crippen LogP contribution in [0.5, 0.6) is 0 Å². The average molecular weight is 333 g/mol. The minimum absolute atomic E-state index is 0.0482. The summed E-state index contributed by atoms with van der Waals surface area (Å²) in [7, 11) is 0. The molecule has 0 aromatic heterocycles. The summed E-state index contributed by atoms with van der Waals surface area (Å²) >= 11 is 0. The molecule has 0 aromatic rings. The summed E-state index contributed by atoms with van der Waals surface area (Å²) in [6.45, 7) is 7.59. The van der Waals surface area contributed by atoms with Crippen molar-refractivity contribution in [3.63, 3.8) is 0 Å². The van der Waals surface area contributed by atoms with Gasteiger partial charge in [0.25, 0.3) is 0 Å². The Hall–Kier alpha value is -2.42. The van der Waals surface area contributed by atoms with Crippen molar-refractivity contribution in [1.29, 1.82) is 0 Å². The molecule has 1 aliphatic heterocycles. The van der Waals surface area contributed by atoms with Gasteiger partial charge in [-0.1, -0.05) is 13.8 Å². The van der Waals surface area contributed by atoms with Gasteiger partial charge in [-0.05, 0) is 32.4 Å². The van der Waals surface area contributed by atoms with Crippen LogP contribution in [0.1, 0.15) is 33.1 Å². The summed E-state index contributed by atoms with van der Waals surface area (Å²) in [6, 6.07) is 0. The lowest BCUT2D eigenvalue weighted by Gasteiger charge is -2.15. The molecule has 1 saturated heterocycles. The maximum atomic E-state index is 11.6. The molecule has 24 heavy (non-hydrogen) atoms. The third-order valence-electron chi connectivity index (χ3n) is 3.18. The van der Waals surface area contributed by atoms with Gasteiger partial charge in [0.15, 0.2) is 0 Å². The van der Waals surface area contributed by atoms with E-state index < -0.39 is 0 Å². The first-order valence-corrected chi connectivity index (χ1v) is 7.91. The van der Waals surface area contributed by atoms with Gasteiger partial charge in [0.1, 0.15) is 0 Å². The Morgan fingerprint density at radius 2 is 1.71 bits per heavy atom. The minimum Gasteiger partial charge on any atom is -0.355 e. The normalized spacial score (nSPS) is 14.8. The second kappa shape index (κ2) is 20.6. The fraction of sp³-hybridized carbons (Fsp3) is 0.579. The van der Waals surface area contributed by atoms with Gasteiger partial charge < -0.3 is 15.5 Å². The molecule has 1 rings (SSSR count). The van der Waals surface area contributed by atoms with Crippen LogP contribution in [0.2, 0.25) is 0 Å². The molecule has 0 bridgehead atoms. The van der Waals surface area contributed by atoms with Crippen LogP contribution in [0, 0.1) is 44.5 Å². The summed E-state index contributed by atoms with van der Waals surface area (Å²) < 4.78 is 0. The first-order valence-electron chi connectivity index (χ1n) is 7.91. The van der Waals surface area contributed by atoms with Crippen LogP contribution in [0.25, 0.3) is 0 Å². The molecule has 1 atom stereocenters. The largest absolute Gasteiger partial charge is 0.355 e. The van der Waals surface area contributed by atoms with Gasteiger partial charge in [0.2, 0.25) is 11.8 Å². The summed E-state index contributed by atoms with van der Waals surface area (Å²) in [5.74, 6) is 0.138. The zero-order valence-corrected chi connectivity index (χ0v) is 15.0. The fourth-order valence-corrected chi connectivity index (χ4v) is 2.02. The van der Waals surface area contributed by atoms with Crippen LogP contribution in [0.3, 0.4) is 0 Å². The number of likely N-dealkylation sites (tertiary alicyclic amines) is 1. The Labute approximate surface area is 148 Å². The van der Waals surface area contributed by atoms with Crippen molar-refractivity contribution < 1.29 is 9.59 Å². The molecule has 0 saturated carbocycles. The summed E-state index contributed by atoms with van der Waals surface area (Å²) in [6.07, 6.45) is 26.9. The molecule has 2 N–H and O–H groups in total. The van der Waals surface area contributed by atoms with E-state index in [0.29, 0.717) is 13.1 Å². The molecule has 0 aromatic carbocycles. The van der Waals surface area contributed by atoms with E-state index >= 15 is 0 Å². The van der Waals surface area contributed by atoms with Crippen molar-refractivity contribution in [2.24, 2.45) is 5.92 Å². The molecule has 0 aliphatic carbocycles.